The molecule has 0 aromatic carbocycles. The summed E-state index contributed by atoms with van der Waals surface area (Å²) in [6, 6.07) is 0. The molecule has 94 valence electrons. The maximum atomic E-state index is 4.48. The number of anilines is 2. The second-order valence-electron chi connectivity index (χ2n) is 4.37. The fourth-order valence-corrected chi connectivity index (χ4v) is 3.13. The van der Waals surface area contributed by atoms with Crippen LogP contribution < -0.4 is 10.6 Å². The summed E-state index contributed by atoms with van der Waals surface area (Å²) in [6.07, 6.45) is 3.19. The second-order valence-corrected chi connectivity index (χ2v) is 5.52. The average Bonchev–Trinajstić information content (AvgIpc) is 2.83. The van der Waals surface area contributed by atoms with Crippen LogP contribution >= 0.6 is 11.8 Å². The smallest absolute Gasteiger partial charge is 0.224 e. The van der Waals surface area contributed by atoms with Gasteiger partial charge in [-0.05, 0) is 37.7 Å². The van der Waals surface area contributed by atoms with E-state index in [1.54, 1.807) is 0 Å². The van der Waals surface area contributed by atoms with Crippen LogP contribution in [0.2, 0.25) is 0 Å². The van der Waals surface area contributed by atoms with Crippen molar-refractivity contribution in [2.45, 2.75) is 20.3 Å². The monoisotopic (exact) mass is 252 g/mol. The topological polar surface area (TPSA) is 49.8 Å². The van der Waals surface area contributed by atoms with E-state index in [1.807, 2.05) is 31.8 Å². The highest BCUT2D eigenvalue weighted by molar-refractivity contribution is 7.99. The molecule has 2 heterocycles. The van der Waals surface area contributed by atoms with Gasteiger partial charge in [-0.2, -0.15) is 16.7 Å². The first kappa shape index (κ1) is 12.5. The molecule has 1 atom stereocenters. The first-order valence-electron chi connectivity index (χ1n) is 6.18. The first-order chi connectivity index (χ1) is 8.29. The molecule has 5 heteroatoms. The van der Waals surface area contributed by atoms with Crippen LogP contribution in [0.15, 0.2) is 6.20 Å². The van der Waals surface area contributed by atoms with Crippen molar-refractivity contribution in [3.05, 3.63) is 11.8 Å². The van der Waals surface area contributed by atoms with E-state index >= 15 is 0 Å². The highest BCUT2D eigenvalue weighted by atomic mass is 32.2. The van der Waals surface area contributed by atoms with Crippen molar-refractivity contribution in [3.63, 3.8) is 0 Å². The lowest BCUT2D eigenvalue weighted by Gasteiger charge is -2.13. The predicted octanol–water partition coefficient (Wildman–Crippen LogP) is 2.38. The Kier molecular flexibility index (Phi) is 4.48. The van der Waals surface area contributed by atoms with Gasteiger partial charge >= 0.3 is 0 Å². The van der Waals surface area contributed by atoms with Crippen molar-refractivity contribution in [3.8, 4) is 0 Å². The summed E-state index contributed by atoms with van der Waals surface area (Å²) in [5.74, 6) is 5.04. The molecule has 0 amide bonds. The largest absolute Gasteiger partial charge is 0.369 e. The molecular weight excluding hydrogens is 232 g/mol. The number of aryl methyl sites for hydroxylation is 1. The molecule has 4 nitrogen and oxygen atoms in total. The zero-order valence-corrected chi connectivity index (χ0v) is 11.3. The van der Waals surface area contributed by atoms with E-state index in [2.05, 4.69) is 20.6 Å². The lowest BCUT2D eigenvalue weighted by molar-refractivity contribution is 0.630. The summed E-state index contributed by atoms with van der Waals surface area (Å²) in [4.78, 5) is 8.72. The molecular formula is C12H20N4S. The summed E-state index contributed by atoms with van der Waals surface area (Å²) >= 11 is 2.05. The molecule has 0 saturated carbocycles. The Morgan fingerprint density at radius 2 is 2.35 bits per heavy atom. The van der Waals surface area contributed by atoms with Crippen molar-refractivity contribution in [2.75, 3.05) is 35.2 Å². The van der Waals surface area contributed by atoms with Crippen molar-refractivity contribution < 1.29 is 0 Å². The fourth-order valence-electron chi connectivity index (χ4n) is 1.85. The van der Waals surface area contributed by atoms with Gasteiger partial charge < -0.3 is 10.6 Å². The third-order valence-electron chi connectivity index (χ3n) is 2.89. The van der Waals surface area contributed by atoms with Crippen LogP contribution in [0.5, 0.6) is 0 Å². The molecule has 2 rings (SSSR count). The lowest BCUT2D eigenvalue weighted by atomic mass is 10.1. The molecule has 0 bridgehead atoms. The Bertz CT molecular complexity index is 364. The van der Waals surface area contributed by atoms with Gasteiger partial charge in [0.1, 0.15) is 5.82 Å². The molecule has 1 saturated heterocycles. The van der Waals surface area contributed by atoms with Gasteiger partial charge in [-0.15, -0.1) is 0 Å². The number of nitrogens with one attached hydrogen (secondary N) is 2. The van der Waals surface area contributed by atoms with Gasteiger partial charge in [0, 0.05) is 24.8 Å². The molecule has 1 aromatic rings. The van der Waals surface area contributed by atoms with E-state index in [0.717, 1.165) is 30.4 Å². The van der Waals surface area contributed by atoms with Crippen molar-refractivity contribution in [2.24, 2.45) is 5.92 Å². The molecule has 0 radical (unpaired) electrons. The van der Waals surface area contributed by atoms with E-state index in [4.69, 9.17) is 0 Å². The van der Waals surface area contributed by atoms with Crippen molar-refractivity contribution >= 4 is 23.5 Å². The minimum Gasteiger partial charge on any atom is -0.369 e. The number of nitrogens with zero attached hydrogens (tertiary/aromatic N) is 2. The van der Waals surface area contributed by atoms with E-state index < -0.39 is 0 Å². The van der Waals surface area contributed by atoms with Gasteiger partial charge in [-0.3, -0.25) is 0 Å². The zero-order chi connectivity index (χ0) is 12.1. The number of thioether (sulfide) groups is 1. The Labute approximate surface area is 107 Å². The highest BCUT2D eigenvalue weighted by Gasteiger charge is 2.15. The molecule has 1 aliphatic heterocycles. The first-order valence-corrected chi connectivity index (χ1v) is 7.34. The third-order valence-corrected chi connectivity index (χ3v) is 4.12. The van der Waals surface area contributed by atoms with Gasteiger partial charge in [0.05, 0.1) is 0 Å². The van der Waals surface area contributed by atoms with Crippen LogP contribution in [0.1, 0.15) is 18.9 Å². The quantitative estimate of drug-likeness (QED) is 0.842. The van der Waals surface area contributed by atoms with Crippen molar-refractivity contribution in [1.29, 1.82) is 0 Å². The Hall–Kier alpha value is -0.970. The SMILES string of the molecule is CCNc1ncc(C)c(NCC2CCSC2)n1. The normalized spacial score (nSPS) is 19.3. The summed E-state index contributed by atoms with van der Waals surface area (Å²) in [5.41, 5.74) is 1.11. The minimum atomic E-state index is 0.710. The van der Waals surface area contributed by atoms with E-state index in [0.29, 0.717) is 5.95 Å². The molecule has 2 N–H and O–H groups in total. The van der Waals surface area contributed by atoms with Gasteiger partial charge in [0.25, 0.3) is 0 Å². The second kappa shape index (κ2) is 6.10. The molecule has 1 aromatic heterocycles. The summed E-state index contributed by atoms with van der Waals surface area (Å²) in [7, 11) is 0. The van der Waals surface area contributed by atoms with E-state index in [9.17, 15) is 0 Å². The molecule has 1 fully saturated rings. The molecule has 1 aliphatic rings. The molecule has 17 heavy (non-hydrogen) atoms. The Morgan fingerprint density at radius 3 is 3.06 bits per heavy atom. The van der Waals surface area contributed by atoms with Crippen LogP contribution in [-0.4, -0.2) is 34.6 Å². The predicted molar refractivity (Wildman–Crippen MR) is 74.9 cm³/mol. The Morgan fingerprint density at radius 1 is 1.47 bits per heavy atom. The van der Waals surface area contributed by atoms with E-state index in [1.165, 1.54) is 17.9 Å². The fraction of sp³-hybridized carbons (Fsp3) is 0.667. The number of aromatic nitrogens is 2. The van der Waals surface area contributed by atoms with Gasteiger partial charge in [0.15, 0.2) is 0 Å². The highest BCUT2D eigenvalue weighted by Crippen LogP contribution is 2.24. The summed E-state index contributed by atoms with van der Waals surface area (Å²) in [5, 5.41) is 6.59. The third kappa shape index (κ3) is 3.49. The Balaban J connectivity index is 1.95. The van der Waals surface area contributed by atoms with Crippen LogP contribution in [0.3, 0.4) is 0 Å². The van der Waals surface area contributed by atoms with Crippen molar-refractivity contribution in [1.82, 2.24) is 9.97 Å². The van der Waals surface area contributed by atoms with Crippen LogP contribution in [0.25, 0.3) is 0 Å². The maximum Gasteiger partial charge on any atom is 0.224 e. The summed E-state index contributed by atoms with van der Waals surface area (Å²) in [6.45, 7) is 5.96. The number of hydrogen-bond donors (Lipinski definition) is 2. The number of hydrogen-bond acceptors (Lipinski definition) is 5. The summed E-state index contributed by atoms with van der Waals surface area (Å²) < 4.78 is 0. The standard InChI is InChI=1S/C12H20N4S/c1-3-13-12-15-6-9(2)11(16-12)14-7-10-4-5-17-8-10/h6,10H,3-5,7-8H2,1-2H3,(H2,13,14,15,16). The van der Waals surface area contributed by atoms with E-state index in [-0.39, 0.29) is 0 Å². The maximum absolute atomic E-state index is 4.48. The van der Waals surface area contributed by atoms with Gasteiger partial charge in [-0.1, -0.05) is 0 Å². The van der Waals surface area contributed by atoms with Crippen LogP contribution in [-0.2, 0) is 0 Å². The average molecular weight is 252 g/mol. The lowest BCUT2D eigenvalue weighted by Crippen LogP contribution is -2.16. The van der Waals surface area contributed by atoms with Crippen LogP contribution in [0, 0.1) is 12.8 Å². The molecule has 0 aliphatic carbocycles. The molecule has 0 spiro atoms. The minimum absolute atomic E-state index is 0.710. The van der Waals surface area contributed by atoms with Gasteiger partial charge in [-0.25, -0.2) is 4.98 Å². The van der Waals surface area contributed by atoms with Crippen LogP contribution in [0.4, 0.5) is 11.8 Å². The van der Waals surface area contributed by atoms with Gasteiger partial charge in [0.2, 0.25) is 5.95 Å². The number of rotatable bonds is 5. The zero-order valence-electron chi connectivity index (χ0n) is 10.5. The molecule has 1 unspecified atom stereocenters.